The number of allylic oxidation sites excluding steroid dienone is 1. The van der Waals surface area contributed by atoms with Gasteiger partial charge in [0.05, 0.1) is 23.8 Å². The quantitative estimate of drug-likeness (QED) is 0.124. The molecule has 0 spiro atoms. The van der Waals surface area contributed by atoms with Crippen molar-refractivity contribution in [3.05, 3.63) is 72.3 Å². The molecule has 33 heavy (non-hydrogen) atoms. The molecule has 0 bridgehead atoms. The van der Waals surface area contributed by atoms with Crippen LogP contribution in [0.15, 0.2) is 61.2 Å². The molecule has 0 aliphatic rings. The smallest absolute Gasteiger partial charge is 0.343 e. The fourth-order valence-electron chi connectivity index (χ4n) is 3.26. The van der Waals surface area contributed by atoms with Crippen molar-refractivity contribution in [3.63, 3.8) is 0 Å². The van der Waals surface area contributed by atoms with E-state index in [4.69, 9.17) is 14.2 Å². The van der Waals surface area contributed by atoms with Gasteiger partial charge < -0.3 is 14.2 Å². The summed E-state index contributed by atoms with van der Waals surface area (Å²) in [6.45, 7) is 8.42. The summed E-state index contributed by atoms with van der Waals surface area (Å²) in [6, 6.07) is 13.3. The summed E-state index contributed by atoms with van der Waals surface area (Å²) >= 11 is 0. The van der Waals surface area contributed by atoms with Crippen LogP contribution in [-0.4, -0.2) is 24.6 Å². The number of benzene rings is 2. The van der Waals surface area contributed by atoms with Gasteiger partial charge in [-0.25, -0.2) is 9.59 Å². The van der Waals surface area contributed by atoms with Crippen molar-refractivity contribution < 1.29 is 23.8 Å². The summed E-state index contributed by atoms with van der Waals surface area (Å²) in [5.74, 6) is 0.249. The number of hydrogen-bond acceptors (Lipinski definition) is 5. The highest BCUT2D eigenvalue weighted by Gasteiger charge is 2.13. The fraction of sp³-hybridized carbons (Fsp3) is 0.429. The van der Waals surface area contributed by atoms with Gasteiger partial charge >= 0.3 is 11.9 Å². The van der Waals surface area contributed by atoms with Gasteiger partial charge in [0.2, 0.25) is 0 Å². The van der Waals surface area contributed by atoms with Crippen molar-refractivity contribution in [2.75, 3.05) is 6.61 Å². The van der Waals surface area contributed by atoms with Gasteiger partial charge in [0.15, 0.2) is 0 Å². The Hall–Kier alpha value is -3.08. The van der Waals surface area contributed by atoms with Crippen LogP contribution in [-0.2, 0) is 4.74 Å². The molecule has 0 amide bonds. The summed E-state index contributed by atoms with van der Waals surface area (Å²) in [7, 11) is 0. The van der Waals surface area contributed by atoms with E-state index >= 15 is 0 Å². The Kier molecular flexibility index (Phi) is 11.8. The van der Waals surface area contributed by atoms with Crippen LogP contribution in [0.3, 0.4) is 0 Å². The highest BCUT2D eigenvalue weighted by molar-refractivity contribution is 5.92. The van der Waals surface area contributed by atoms with Gasteiger partial charge in [-0.05, 0) is 87.6 Å². The average Bonchev–Trinajstić information content (AvgIpc) is 2.82. The molecule has 0 aliphatic carbocycles. The maximum atomic E-state index is 12.4. The van der Waals surface area contributed by atoms with Crippen molar-refractivity contribution in [3.8, 4) is 11.5 Å². The van der Waals surface area contributed by atoms with Crippen molar-refractivity contribution in [2.45, 2.75) is 71.3 Å². The van der Waals surface area contributed by atoms with E-state index in [1.54, 1.807) is 48.5 Å². The topological polar surface area (TPSA) is 61.8 Å². The SMILES string of the molecule is C=CCCCCOc1ccc(C(=O)Oc2ccc(C(=O)O[C@H](C)CCCCCC)cc2)cc1. The van der Waals surface area contributed by atoms with E-state index in [2.05, 4.69) is 13.5 Å². The molecule has 5 heteroatoms. The van der Waals surface area contributed by atoms with Gasteiger partial charge in [-0.3, -0.25) is 0 Å². The number of rotatable bonds is 15. The zero-order valence-corrected chi connectivity index (χ0v) is 19.9. The minimum absolute atomic E-state index is 0.119. The van der Waals surface area contributed by atoms with Gasteiger partial charge in [0.25, 0.3) is 0 Å². The lowest BCUT2D eigenvalue weighted by atomic mass is 10.1. The second-order valence-corrected chi connectivity index (χ2v) is 8.14. The molecule has 2 aromatic carbocycles. The highest BCUT2D eigenvalue weighted by atomic mass is 16.5. The first-order chi connectivity index (χ1) is 16.0. The summed E-state index contributed by atoms with van der Waals surface area (Å²) in [6.07, 6.45) is 10.2. The second kappa shape index (κ2) is 14.9. The van der Waals surface area contributed by atoms with Crippen molar-refractivity contribution in [2.24, 2.45) is 0 Å². The van der Waals surface area contributed by atoms with Crippen LogP contribution in [0.25, 0.3) is 0 Å². The van der Waals surface area contributed by atoms with Crippen molar-refractivity contribution >= 4 is 11.9 Å². The minimum Gasteiger partial charge on any atom is -0.494 e. The Morgan fingerprint density at radius 3 is 2.12 bits per heavy atom. The summed E-state index contributed by atoms with van der Waals surface area (Å²) in [5, 5.41) is 0. The third-order valence-electron chi connectivity index (χ3n) is 5.23. The summed E-state index contributed by atoms with van der Waals surface area (Å²) in [4.78, 5) is 24.7. The molecule has 5 nitrogen and oxygen atoms in total. The van der Waals surface area contributed by atoms with Crippen molar-refractivity contribution in [1.29, 1.82) is 0 Å². The Balaban J connectivity index is 1.79. The lowest BCUT2D eigenvalue weighted by Gasteiger charge is -2.13. The van der Waals surface area contributed by atoms with Crippen LogP contribution < -0.4 is 9.47 Å². The maximum Gasteiger partial charge on any atom is 0.343 e. The number of ether oxygens (including phenoxy) is 3. The number of unbranched alkanes of at least 4 members (excludes halogenated alkanes) is 5. The Bertz CT molecular complexity index is 855. The van der Waals surface area contributed by atoms with E-state index in [1.807, 2.05) is 13.0 Å². The summed E-state index contributed by atoms with van der Waals surface area (Å²) in [5.41, 5.74) is 0.860. The van der Waals surface area contributed by atoms with Gasteiger partial charge in [-0.1, -0.05) is 32.3 Å². The number of carbonyl (C=O) groups excluding carboxylic acids is 2. The van der Waals surface area contributed by atoms with Gasteiger partial charge in [0, 0.05) is 0 Å². The molecule has 0 saturated carbocycles. The lowest BCUT2D eigenvalue weighted by molar-refractivity contribution is 0.0319. The minimum atomic E-state index is -0.469. The fourth-order valence-corrected chi connectivity index (χ4v) is 3.26. The molecule has 2 aromatic rings. The highest BCUT2D eigenvalue weighted by Crippen LogP contribution is 2.18. The number of carbonyl (C=O) groups is 2. The van der Waals surface area contributed by atoms with E-state index in [-0.39, 0.29) is 12.1 Å². The third kappa shape index (κ3) is 9.94. The van der Waals surface area contributed by atoms with Gasteiger partial charge in [-0.2, -0.15) is 0 Å². The first-order valence-corrected chi connectivity index (χ1v) is 11.9. The van der Waals surface area contributed by atoms with E-state index in [0.717, 1.165) is 38.5 Å². The van der Waals surface area contributed by atoms with Crippen LogP contribution in [0.2, 0.25) is 0 Å². The van der Waals surface area contributed by atoms with Gasteiger partial charge in [-0.15, -0.1) is 6.58 Å². The third-order valence-corrected chi connectivity index (χ3v) is 5.23. The lowest BCUT2D eigenvalue weighted by Crippen LogP contribution is -2.15. The second-order valence-electron chi connectivity index (χ2n) is 8.14. The predicted octanol–water partition coefficient (Wildman–Crippen LogP) is 7.16. The molecule has 0 unspecified atom stereocenters. The normalized spacial score (nSPS) is 11.5. The molecule has 0 aliphatic heterocycles. The molecular weight excluding hydrogens is 416 g/mol. The molecule has 0 N–H and O–H groups in total. The van der Waals surface area contributed by atoms with Crippen LogP contribution >= 0.6 is 0 Å². The molecule has 178 valence electrons. The number of hydrogen-bond donors (Lipinski definition) is 0. The van der Waals surface area contributed by atoms with Crippen LogP contribution in [0, 0.1) is 0 Å². The Morgan fingerprint density at radius 1 is 0.848 bits per heavy atom. The Morgan fingerprint density at radius 2 is 1.48 bits per heavy atom. The van der Waals surface area contributed by atoms with Gasteiger partial charge in [0.1, 0.15) is 11.5 Å². The van der Waals surface area contributed by atoms with E-state index in [9.17, 15) is 9.59 Å². The van der Waals surface area contributed by atoms with Crippen molar-refractivity contribution in [1.82, 2.24) is 0 Å². The van der Waals surface area contributed by atoms with E-state index in [1.165, 1.54) is 12.8 Å². The monoisotopic (exact) mass is 452 g/mol. The Labute approximate surface area is 197 Å². The zero-order chi connectivity index (χ0) is 23.9. The molecule has 1 atom stereocenters. The standard InChI is InChI=1S/C28H36O5/c1-4-6-8-10-12-22(3)32-27(29)23-15-19-26(20-16-23)33-28(30)24-13-17-25(18-14-24)31-21-11-9-7-5-2/h5,13-20,22H,2,4,6-12,21H2,1,3H3/t22-/m1/s1. The molecule has 0 fully saturated rings. The molecule has 0 heterocycles. The molecule has 0 saturated heterocycles. The molecule has 2 rings (SSSR count). The average molecular weight is 453 g/mol. The maximum absolute atomic E-state index is 12.4. The van der Waals surface area contributed by atoms with Crippen LogP contribution in [0.1, 0.15) is 85.9 Å². The van der Waals surface area contributed by atoms with Crippen LogP contribution in [0.5, 0.6) is 11.5 Å². The van der Waals surface area contributed by atoms with E-state index in [0.29, 0.717) is 29.2 Å². The molecular formula is C28H36O5. The first-order valence-electron chi connectivity index (χ1n) is 11.9. The molecule has 0 aromatic heterocycles. The first kappa shape index (κ1) is 26.2. The van der Waals surface area contributed by atoms with E-state index < -0.39 is 5.97 Å². The molecule has 0 radical (unpaired) electrons. The zero-order valence-electron chi connectivity index (χ0n) is 19.9. The summed E-state index contributed by atoms with van der Waals surface area (Å²) < 4.78 is 16.6. The van der Waals surface area contributed by atoms with Crippen LogP contribution in [0.4, 0.5) is 0 Å². The largest absolute Gasteiger partial charge is 0.494 e. The predicted molar refractivity (Wildman–Crippen MR) is 131 cm³/mol. The number of esters is 2.